The lowest BCUT2D eigenvalue weighted by Crippen LogP contribution is -2.27. The van der Waals surface area contributed by atoms with Crippen LogP contribution in [0.1, 0.15) is 12.5 Å². The fraction of sp³-hybridized carbons (Fsp3) is 0.364. The van der Waals surface area contributed by atoms with E-state index in [0.29, 0.717) is 0 Å². The normalized spacial score (nSPS) is 13.4. The van der Waals surface area contributed by atoms with Crippen molar-refractivity contribution in [2.75, 3.05) is 6.26 Å². The Morgan fingerprint density at radius 1 is 1.35 bits per heavy atom. The third kappa shape index (κ3) is 3.59. The number of carbonyl (C=O) groups is 1. The van der Waals surface area contributed by atoms with Crippen LogP contribution in [-0.2, 0) is 21.1 Å². The number of hydrogen-bond acceptors (Lipinski definition) is 3. The van der Waals surface area contributed by atoms with Gasteiger partial charge in [-0.3, -0.25) is 4.79 Å². The van der Waals surface area contributed by atoms with Gasteiger partial charge < -0.3 is 0 Å². The molecule has 0 fully saturated rings. The van der Waals surface area contributed by atoms with Crippen LogP contribution in [0.4, 0.5) is 8.78 Å². The van der Waals surface area contributed by atoms with Gasteiger partial charge >= 0.3 is 0 Å². The molecule has 0 radical (unpaired) electrons. The zero-order valence-corrected chi connectivity index (χ0v) is 10.2. The third-order valence-corrected chi connectivity index (χ3v) is 4.02. The largest absolute Gasteiger partial charge is 0.298 e. The number of benzene rings is 1. The fourth-order valence-corrected chi connectivity index (χ4v) is 1.81. The number of ketones is 1. The summed E-state index contributed by atoms with van der Waals surface area (Å²) < 4.78 is 48.3. The predicted octanol–water partition coefficient (Wildman–Crippen LogP) is 1.51. The molecule has 0 saturated heterocycles. The monoisotopic (exact) mass is 262 g/mol. The first kappa shape index (κ1) is 13.8. The van der Waals surface area contributed by atoms with Crippen molar-refractivity contribution in [3.63, 3.8) is 0 Å². The average molecular weight is 262 g/mol. The second-order valence-corrected chi connectivity index (χ2v) is 6.22. The summed E-state index contributed by atoms with van der Waals surface area (Å²) in [4.78, 5) is 11.6. The maximum Gasteiger partial charge on any atom is 0.157 e. The van der Waals surface area contributed by atoms with E-state index < -0.39 is 38.9 Å². The van der Waals surface area contributed by atoms with E-state index in [4.69, 9.17) is 0 Å². The summed E-state index contributed by atoms with van der Waals surface area (Å²) in [6.45, 7) is 1.23. The number of sulfone groups is 1. The maximum absolute atomic E-state index is 13.2. The number of halogens is 2. The molecule has 0 aliphatic rings. The lowest BCUT2D eigenvalue weighted by atomic mass is 10.1. The minimum atomic E-state index is -3.51. The van der Waals surface area contributed by atoms with E-state index >= 15 is 0 Å². The van der Waals surface area contributed by atoms with Crippen LogP contribution in [0.3, 0.4) is 0 Å². The van der Waals surface area contributed by atoms with Gasteiger partial charge in [0.05, 0.1) is 0 Å². The molecule has 0 spiro atoms. The highest BCUT2D eigenvalue weighted by molar-refractivity contribution is 7.92. The summed E-state index contributed by atoms with van der Waals surface area (Å²) in [6.07, 6.45) is 0.495. The number of carbonyl (C=O) groups excluding carboxylic acids is 1. The third-order valence-electron chi connectivity index (χ3n) is 2.47. The zero-order chi connectivity index (χ0) is 13.2. The number of Topliss-reactive ketones (excluding diaryl/α,β-unsaturated/α-hetero) is 1. The van der Waals surface area contributed by atoms with Crippen LogP contribution in [0.25, 0.3) is 0 Å². The second kappa shape index (κ2) is 4.91. The summed E-state index contributed by atoms with van der Waals surface area (Å²) in [7, 11) is -3.51. The van der Waals surface area contributed by atoms with Crippen LogP contribution < -0.4 is 0 Å². The van der Waals surface area contributed by atoms with Crippen molar-refractivity contribution in [1.29, 1.82) is 0 Å². The van der Waals surface area contributed by atoms with E-state index in [0.717, 1.165) is 24.5 Å². The summed E-state index contributed by atoms with van der Waals surface area (Å²) in [6, 6.07) is 2.73. The Labute approximate surface area is 98.4 Å². The van der Waals surface area contributed by atoms with Crippen LogP contribution >= 0.6 is 0 Å². The van der Waals surface area contributed by atoms with Gasteiger partial charge in [0.25, 0.3) is 0 Å². The quantitative estimate of drug-likeness (QED) is 0.826. The molecule has 0 saturated carbocycles. The first-order chi connectivity index (χ1) is 7.71. The van der Waals surface area contributed by atoms with Crippen LogP contribution in [0, 0.1) is 11.6 Å². The van der Waals surface area contributed by atoms with Gasteiger partial charge in [0.1, 0.15) is 16.9 Å². The first-order valence-corrected chi connectivity index (χ1v) is 6.83. The van der Waals surface area contributed by atoms with Crippen LogP contribution in [0.2, 0.25) is 0 Å². The smallest absolute Gasteiger partial charge is 0.157 e. The minimum Gasteiger partial charge on any atom is -0.298 e. The Bertz CT molecular complexity index is 538. The van der Waals surface area contributed by atoms with Crippen LogP contribution in [-0.4, -0.2) is 25.7 Å². The Hall–Kier alpha value is -1.30. The fourth-order valence-electron chi connectivity index (χ4n) is 1.25. The van der Waals surface area contributed by atoms with Gasteiger partial charge in [0, 0.05) is 12.7 Å². The molecule has 1 atom stereocenters. The van der Waals surface area contributed by atoms with Gasteiger partial charge in [0.2, 0.25) is 0 Å². The summed E-state index contributed by atoms with van der Waals surface area (Å²) in [5.41, 5.74) is -0.134. The Balaban J connectivity index is 2.92. The van der Waals surface area contributed by atoms with E-state index in [9.17, 15) is 22.0 Å². The summed E-state index contributed by atoms with van der Waals surface area (Å²) in [5, 5.41) is -1.22. The summed E-state index contributed by atoms with van der Waals surface area (Å²) >= 11 is 0. The standard InChI is InChI=1S/C11H12F2O3S/c1-7(17(2,15)16)11(14)6-8-5-9(12)3-4-10(8)13/h3-5,7H,6H2,1-2H3. The molecule has 0 aromatic heterocycles. The molecule has 1 aromatic carbocycles. The molecule has 0 heterocycles. The molecule has 0 amide bonds. The van der Waals surface area contributed by atoms with Gasteiger partial charge in [-0.1, -0.05) is 0 Å². The van der Waals surface area contributed by atoms with Gasteiger partial charge in [-0.15, -0.1) is 0 Å². The van der Waals surface area contributed by atoms with Gasteiger partial charge in [-0.2, -0.15) is 0 Å². The van der Waals surface area contributed by atoms with Gasteiger partial charge in [-0.25, -0.2) is 17.2 Å². The van der Waals surface area contributed by atoms with Crippen molar-refractivity contribution in [2.24, 2.45) is 0 Å². The molecule has 1 aromatic rings. The number of rotatable bonds is 4. The molecular weight excluding hydrogens is 250 g/mol. The van der Waals surface area contributed by atoms with Crippen molar-refractivity contribution in [2.45, 2.75) is 18.6 Å². The topological polar surface area (TPSA) is 51.2 Å². The molecule has 0 N–H and O–H groups in total. The SMILES string of the molecule is CC(C(=O)Cc1cc(F)ccc1F)S(C)(=O)=O. The maximum atomic E-state index is 13.2. The second-order valence-electron chi connectivity index (χ2n) is 3.85. The molecule has 0 bridgehead atoms. The zero-order valence-electron chi connectivity index (χ0n) is 9.41. The van der Waals surface area contributed by atoms with E-state index in [2.05, 4.69) is 0 Å². The number of hydrogen-bond donors (Lipinski definition) is 0. The highest BCUT2D eigenvalue weighted by Gasteiger charge is 2.24. The highest BCUT2D eigenvalue weighted by atomic mass is 32.2. The van der Waals surface area contributed by atoms with Crippen LogP contribution in [0.15, 0.2) is 18.2 Å². The average Bonchev–Trinajstić information content (AvgIpc) is 2.21. The van der Waals surface area contributed by atoms with E-state index in [1.807, 2.05) is 0 Å². The van der Waals surface area contributed by atoms with Crippen molar-refractivity contribution in [3.05, 3.63) is 35.4 Å². The summed E-state index contributed by atoms with van der Waals surface area (Å²) in [5.74, 6) is -2.04. The lowest BCUT2D eigenvalue weighted by molar-refractivity contribution is -0.117. The van der Waals surface area contributed by atoms with Crippen molar-refractivity contribution in [1.82, 2.24) is 0 Å². The van der Waals surface area contributed by atoms with Crippen molar-refractivity contribution >= 4 is 15.6 Å². The molecule has 1 rings (SSSR count). The molecule has 17 heavy (non-hydrogen) atoms. The van der Waals surface area contributed by atoms with E-state index in [1.54, 1.807) is 0 Å². The molecule has 6 heteroatoms. The van der Waals surface area contributed by atoms with E-state index in [1.165, 1.54) is 6.92 Å². The molecular formula is C11H12F2O3S. The highest BCUT2D eigenvalue weighted by Crippen LogP contribution is 2.13. The predicted molar refractivity (Wildman–Crippen MR) is 59.4 cm³/mol. The molecule has 1 unspecified atom stereocenters. The van der Waals surface area contributed by atoms with E-state index in [-0.39, 0.29) is 5.56 Å². The molecule has 0 aliphatic carbocycles. The first-order valence-electron chi connectivity index (χ1n) is 4.87. The molecule has 0 aliphatic heterocycles. The lowest BCUT2D eigenvalue weighted by Gasteiger charge is -2.08. The Kier molecular flexibility index (Phi) is 3.98. The van der Waals surface area contributed by atoms with Gasteiger partial charge in [-0.05, 0) is 30.7 Å². The minimum absolute atomic E-state index is 0.134. The van der Waals surface area contributed by atoms with Gasteiger partial charge in [0.15, 0.2) is 15.6 Å². The molecule has 94 valence electrons. The van der Waals surface area contributed by atoms with Crippen molar-refractivity contribution < 1.29 is 22.0 Å². The van der Waals surface area contributed by atoms with Crippen molar-refractivity contribution in [3.8, 4) is 0 Å². The Morgan fingerprint density at radius 2 is 1.94 bits per heavy atom. The molecule has 3 nitrogen and oxygen atoms in total. The van der Waals surface area contributed by atoms with Crippen LogP contribution in [0.5, 0.6) is 0 Å². The Morgan fingerprint density at radius 3 is 2.47 bits per heavy atom.